The van der Waals surface area contributed by atoms with E-state index in [2.05, 4.69) is 5.32 Å². The average molecular weight is 249 g/mol. The molecule has 0 fully saturated rings. The van der Waals surface area contributed by atoms with Crippen molar-refractivity contribution < 1.29 is 9.53 Å². The molecule has 1 N–H and O–H groups in total. The first-order valence-electron chi connectivity index (χ1n) is 6.44. The number of rotatable bonds is 6. The Labute approximate surface area is 110 Å². The number of carbonyl (C=O) groups excluding carboxylic acids is 1. The lowest BCUT2D eigenvalue weighted by molar-refractivity contribution is 0.0922. The summed E-state index contributed by atoms with van der Waals surface area (Å²) in [5.41, 5.74) is 0.721. The molecule has 18 heavy (non-hydrogen) atoms. The lowest BCUT2D eigenvalue weighted by Crippen LogP contribution is -2.38. The summed E-state index contributed by atoms with van der Waals surface area (Å²) in [6.07, 6.45) is 0.146. The molecule has 0 bridgehead atoms. The summed E-state index contributed by atoms with van der Waals surface area (Å²) >= 11 is 0. The van der Waals surface area contributed by atoms with Gasteiger partial charge in [-0.25, -0.2) is 0 Å². The Kier molecular flexibility index (Phi) is 5.35. The van der Waals surface area contributed by atoms with E-state index in [1.165, 1.54) is 0 Å². The van der Waals surface area contributed by atoms with E-state index < -0.39 is 0 Å². The van der Waals surface area contributed by atoms with Crippen molar-refractivity contribution >= 4 is 5.78 Å². The number of carbonyl (C=O) groups is 1. The van der Waals surface area contributed by atoms with Crippen molar-refractivity contribution in [1.29, 1.82) is 0 Å². The van der Waals surface area contributed by atoms with Gasteiger partial charge in [-0.05, 0) is 51.1 Å². The van der Waals surface area contributed by atoms with Gasteiger partial charge in [-0.1, -0.05) is 13.8 Å². The predicted octanol–water partition coefficient (Wildman–Crippen LogP) is 2.90. The molecule has 3 heteroatoms. The van der Waals surface area contributed by atoms with Crippen LogP contribution in [-0.2, 0) is 0 Å². The molecule has 1 rings (SSSR count). The number of hydrogen-bond donors (Lipinski definition) is 1. The van der Waals surface area contributed by atoms with E-state index in [0.717, 1.165) is 11.3 Å². The smallest absolute Gasteiger partial charge is 0.179 e. The van der Waals surface area contributed by atoms with Crippen LogP contribution in [0, 0.1) is 5.92 Å². The molecule has 0 aliphatic rings. The fraction of sp³-hybridized carbons (Fsp3) is 0.533. The predicted molar refractivity (Wildman–Crippen MR) is 74.2 cm³/mol. The highest BCUT2D eigenvalue weighted by Gasteiger charge is 2.21. The number of Topliss-reactive ketones (excluding diaryl/α,β-unsaturated/α-hetero) is 1. The van der Waals surface area contributed by atoms with Crippen LogP contribution in [0.3, 0.4) is 0 Å². The fourth-order valence-corrected chi connectivity index (χ4v) is 1.92. The summed E-state index contributed by atoms with van der Waals surface area (Å²) in [5.74, 6) is 1.20. The summed E-state index contributed by atoms with van der Waals surface area (Å²) in [6, 6.07) is 7.21. The van der Waals surface area contributed by atoms with Gasteiger partial charge >= 0.3 is 0 Å². The van der Waals surface area contributed by atoms with Gasteiger partial charge in [0.15, 0.2) is 5.78 Å². The minimum absolute atomic E-state index is 0.128. The number of ether oxygens (including phenoxy) is 1. The standard InChI is InChI=1S/C15H23NO2/c1-10(2)14(16-5)15(17)12-6-8-13(9-7-12)18-11(3)4/h6-11,14,16H,1-5H3. The second-order valence-electron chi connectivity index (χ2n) is 5.07. The Morgan fingerprint density at radius 1 is 1.11 bits per heavy atom. The summed E-state index contributed by atoms with van der Waals surface area (Å²) in [6.45, 7) is 8.04. The molecule has 0 aromatic heterocycles. The zero-order valence-corrected chi connectivity index (χ0v) is 11.9. The fourth-order valence-electron chi connectivity index (χ4n) is 1.92. The maximum absolute atomic E-state index is 12.2. The second kappa shape index (κ2) is 6.55. The number of ketones is 1. The summed E-state index contributed by atoms with van der Waals surface area (Å²) < 4.78 is 5.56. The monoisotopic (exact) mass is 249 g/mol. The minimum atomic E-state index is -0.137. The SMILES string of the molecule is CNC(C(=O)c1ccc(OC(C)C)cc1)C(C)C. The molecule has 0 aliphatic heterocycles. The Morgan fingerprint density at radius 2 is 1.67 bits per heavy atom. The topological polar surface area (TPSA) is 38.3 Å². The van der Waals surface area contributed by atoms with Crippen molar-refractivity contribution in [3.8, 4) is 5.75 Å². The van der Waals surface area contributed by atoms with Crippen LogP contribution in [0.5, 0.6) is 5.75 Å². The third kappa shape index (κ3) is 3.84. The normalized spacial score (nSPS) is 12.8. The van der Waals surface area contributed by atoms with Gasteiger partial charge in [0.05, 0.1) is 12.1 Å². The lowest BCUT2D eigenvalue weighted by Gasteiger charge is -2.19. The van der Waals surface area contributed by atoms with Crippen molar-refractivity contribution in [3.63, 3.8) is 0 Å². The maximum atomic E-state index is 12.2. The van der Waals surface area contributed by atoms with E-state index in [1.54, 1.807) is 0 Å². The van der Waals surface area contributed by atoms with Crippen molar-refractivity contribution in [2.75, 3.05) is 7.05 Å². The van der Waals surface area contributed by atoms with Crippen molar-refractivity contribution in [3.05, 3.63) is 29.8 Å². The molecule has 3 nitrogen and oxygen atoms in total. The second-order valence-corrected chi connectivity index (χ2v) is 5.07. The van der Waals surface area contributed by atoms with Crippen LogP contribution in [0.4, 0.5) is 0 Å². The summed E-state index contributed by atoms with van der Waals surface area (Å²) in [7, 11) is 1.82. The van der Waals surface area contributed by atoms with Gasteiger partial charge < -0.3 is 10.1 Å². The molecule has 0 saturated carbocycles. The zero-order chi connectivity index (χ0) is 13.7. The van der Waals surface area contributed by atoms with E-state index in [0.29, 0.717) is 0 Å². The molecular weight excluding hydrogens is 226 g/mol. The van der Waals surface area contributed by atoms with Gasteiger partial charge in [0, 0.05) is 5.56 Å². The van der Waals surface area contributed by atoms with Crippen molar-refractivity contribution in [2.24, 2.45) is 5.92 Å². The molecule has 0 saturated heterocycles. The van der Waals surface area contributed by atoms with Crippen LogP contribution in [-0.4, -0.2) is 25.0 Å². The third-order valence-electron chi connectivity index (χ3n) is 2.77. The van der Waals surface area contributed by atoms with Crippen LogP contribution in [0.2, 0.25) is 0 Å². The zero-order valence-electron chi connectivity index (χ0n) is 11.9. The van der Waals surface area contributed by atoms with E-state index >= 15 is 0 Å². The van der Waals surface area contributed by atoms with Gasteiger partial charge in [0.1, 0.15) is 5.75 Å². The Balaban J connectivity index is 2.81. The first-order valence-corrected chi connectivity index (χ1v) is 6.44. The van der Waals surface area contributed by atoms with E-state index in [4.69, 9.17) is 4.74 Å². The highest BCUT2D eigenvalue weighted by Crippen LogP contribution is 2.16. The Bertz CT molecular complexity index is 382. The van der Waals surface area contributed by atoms with Crippen LogP contribution >= 0.6 is 0 Å². The van der Waals surface area contributed by atoms with Crippen LogP contribution in [0.15, 0.2) is 24.3 Å². The van der Waals surface area contributed by atoms with Gasteiger partial charge in [-0.15, -0.1) is 0 Å². The van der Waals surface area contributed by atoms with Gasteiger partial charge in [0.25, 0.3) is 0 Å². The molecule has 1 aromatic rings. The highest BCUT2D eigenvalue weighted by atomic mass is 16.5. The molecule has 0 heterocycles. The van der Waals surface area contributed by atoms with Gasteiger partial charge in [0.2, 0.25) is 0 Å². The van der Waals surface area contributed by atoms with Crippen LogP contribution in [0.25, 0.3) is 0 Å². The number of likely N-dealkylation sites (N-methyl/N-ethyl adjacent to an activating group) is 1. The van der Waals surface area contributed by atoms with Crippen molar-refractivity contribution in [1.82, 2.24) is 5.32 Å². The summed E-state index contributed by atoms with van der Waals surface area (Å²) in [4.78, 5) is 12.2. The lowest BCUT2D eigenvalue weighted by atomic mass is 9.95. The quantitative estimate of drug-likeness (QED) is 0.788. The van der Waals surface area contributed by atoms with E-state index in [9.17, 15) is 4.79 Å². The van der Waals surface area contributed by atoms with Crippen LogP contribution in [0.1, 0.15) is 38.1 Å². The van der Waals surface area contributed by atoms with E-state index in [-0.39, 0.29) is 23.8 Å². The minimum Gasteiger partial charge on any atom is -0.491 e. The molecular formula is C15H23NO2. The Hall–Kier alpha value is -1.35. The molecule has 0 spiro atoms. The highest BCUT2D eigenvalue weighted by molar-refractivity contribution is 6.00. The number of hydrogen-bond acceptors (Lipinski definition) is 3. The van der Waals surface area contributed by atoms with Crippen molar-refractivity contribution in [2.45, 2.75) is 39.8 Å². The molecule has 0 amide bonds. The Morgan fingerprint density at radius 3 is 2.06 bits per heavy atom. The molecule has 1 unspecified atom stereocenters. The number of benzene rings is 1. The molecule has 0 aliphatic carbocycles. The van der Waals surface area contributed by atoms with E-state index in [1.807, 2.05) is 59.0 Å². The van der Waals surface area contributed by atoms with Gasteiger partial charge in [-0.3, -0.25) is 4.79 Å². The molecule has 0 radical (unpaired) electrons. The van der Waals surface area contributed by atoms with Crippen LogP contribution < -0.4 is 10.1 Å². The first-order chi connectivity index (χ1) is 8.45. The number of nitrogens with one attached hydrogen (secondary N) is 1. The largest absolute Gasteiger partial charge is 0.491 e. The molecule has 1 aromatic carbocycles. The summed E-state index contributed by atoms with van der Waals surface area (Å²) in [5, 5.41) is 3.07. The molecule has 100 valence electrons. The first kappa shape index (κ1) is 14.7. The molecule has 1 atom stereocenters. The average Bonchev–Trinajstić information content (AvgIpc) is 2.29. The van der Waals surface area contributed by atoms with Gasteiger partial charge in [-0.2, -0.15) is 0 Å². The third-order valence-corrected chi connectivity index (χ3v) is 2.77. The maximum Gasteiger partial charge on any atom is 0.179 e.